The molecule has 0 aliphatic heterocycles. The molecule has 40 heavy (non-hydrogen) atoms. The molecule has 10 heteroatoms. The molecule has 1 aliphatic rings. The number of carbonyl (C=O) groups is 2. The first-order valence-electron chi connectivity index (χ1n) is 13.3. The lowest BCUT2D eigenvalue weighted by Crippen LogP contribution is -2.47. The molecule has 1 fully saturated rings. The van der Waals surface area contributed by atoms with E-state index in [1.807, 2.05) is 24.3 Å². The van der Waals surface area contributed by atoms with Crippen LogP contribution in [-0.2, 0) is 11.3 Å². The van der Waals surface area contributed by atoms with Crippen LogP contribution in [0.15, 0.2) is 55.0 Å². The Hall–Kier alpha value is -4.34. The number of hydrogen-bond donors (Lipinski definition) is 1. The Kier molecular flexibility index (Phi) is 9.77. The van der Waals surface area contributed by atoms with E-state index in [-0.39, 0.29) is 24.2 Å². The van der Waals surface area contributed by atoms with Crippen LogP contribution in [0.1, 0.15) is 59.8 Å². The first-order chi connectivity index (χ1) is 19.5. The SMILES string of the molecule is COc1cccc(CN(C(=O)c2cnccn2)[C@@H](C(=O)NC2CCCCC2)c2cc(OC)c(OC)c(OC)c2)c1. The molecule has 1 heterocycles. The molecule has 0 spiro atoms. The second-order valence-electron chi connectivity index (χ2n) is 9.58. The van der Waals surface area contributed by atoms with Crippen molar-refractivity contribution >= 4 is 11.8 Å². The van der Waals surface area contributed by atoms with E-state index in [0.717, 1.165) is 37.7 Å². The highest BCUT2D eigenvalue weighted by Crippen LogP contribution is 2.41. The Balaban J connectivity index is 1.86. The fraction of sp³-hybridized carbons (Fsp3) is 0.400. The lowest BCUT2D eigenvalue weighted by molar-refractivity contribution is -0.127. The van der Waals surface area contributed by atoms with Gasteiger partial charge in [-0.2, -0.15) is 0 Å². The van der Waals surface area contributed by atoms with E-state index in [0.29, 0.717) is 28.6 Å². The minimum absolute atomic E-state index is 0.0241. The van der Waals surface area contributed by atoms with Gasteiger partial charge in [-0.3, -0.25) is 14.6 Å². The largest absolute Gasteiger partial charge is 0.497 e. The van der Waals surface area contributed by atoms with Crippen molar-refractivity contribution < 1.29 is 28.5 Å². The van der Waals surface area contributed by atoms with Crippen LogP contribution in [0.3, 0.4) is 0 Å². The Morgan fingerprint density at radius 3 is 2.27 bits per heavy atom. The fourth-order valence-electron chi connectivity index (χ4n) is 5.06. The van der Waals surface area contributed by atoms with Gasteiger partial charge in [0.15, 0.2) is 11.5 Å². The van der Waals surface area contributed by atoms with Crippen LogP contribution in [0, 0.1) is 0 Å². The standard InChI is InChI=1S/C30H36N4O6/c1-37-23-12-8-9-20(15-23)19-34(30(36)24-18-31-13-14-32-24)27(29(35)33-22-10-6-5-7-11-22)21-16-25(38-2)28(40-4)26(17-21)39-3/h8-9,12-18,22,27H,5-7,10-11,19H2,1-4H3,(H,33,35)/t27-/m1/s1. The van der Waals surface area contributed by atoms with Gasteiger partial charge in [-0.15, -0.1) is 0 Å². The number of nitrogens with one attached hydrogen (secondary N) is 1. The maximum atomic E-state index is 14.2. The molecule has 212 valence electrons. The van der Waals surface area contributed by atoms with Gasteiger partial charge in [0.1, 0.15) is 17.5 Å². The molecule has 1 atom stereocenters. The predicted molar refractivity (Wildman–Crippen MR) is 149 cm³/mol. The molecule has 1 aromatic heterocycles. The molecule has 0 unspecified atom stereocenters. The molecule has 3 aromatic rings. The van der Waals surface area contributed by atoms with Crippen molar-refractivity contribution in [1.29, 1.82) is 0 Å². The molecular weight excluding hydrogens is 512 g/mol. The number of hydrogen-bond acceptors (Lipinski definition) is 8. The summed E-state index contributed by atoms with van der Waals surface area (Å²) in [5.74, 6) is 1.02. The Morgan fingerprint density at radius 1 is 0.950 bits per heavy atom. The molecule has 2 amide bonds. The molecule has 1 N–H and O–H groups in total. The fourth-order valence-corrected chi connectivity index (χ4v) is 5.06. The minimum atomic E-state index is -1.05. The summed E-state index contributed by atoms with van der Waals surface area (Å²) >= 11 is 0. The number of amides is 2. The number of methoxy groups -OCH3 is 4. The van der Waals surface area contributed by atoms with Crippen molar-refractivity contribution in [2.75, 3.05) is 28.4 Å². The molecule has 0 saturated heterocycles. The number of aromatic nitrogens is 2. The van der Waals surface area contributed by atoms with Gasteiger partial charge in [0.25, 0.3) is 5.91 Å². The maximum absolute atomic E-state index is 14.2. The lowest BCUT2D eigenvalue weighted by Gasteiger charge is -2.33. The summed E-state index contributed by atoms with van der Waals surface area (Å²) in [6.07, 6.45) is 9.37. The van der Waals surface area contributed by atoms with Crippen molar-refractivity contribution in [2.24, 2.45) is 0 Å². The third-order valence-electron chi connectivity index (χ3n) is 7.04. The van der Waals surface area contributed by atoms with E-state index in [1.165, 1.54) is 44.8 Å². The Labute approximate surface area is 234 Å². The van der Waals surface area contributed by atoms with E-state index in [1.54, 1.807) is 19.2 Å². The molecule has 1 saturated carbocycles. The zero-order chi connectivity index (χ0) is 28.5. The summed E-state index contributed by atoms with van der Waals surface area (Å²) in [4.78, 5) is 38.1. The predicted octanol–water partition coefficient (Wildman–Crippen LogP) is 4.34. The van der Waals surface area contributed by atoms with Crippen molar-refractivity contribution in [3.63, 3.8) is 0 Å². The number of rotatable bonds is 11. The summed E-state index contributed by atoms with van der Waals surface area (Å²) in [6.45, 7) is 0.103. The van der Waals surface area contributed by atoms with E-state index in [9.17, 15) is 9.59 Å². The van der Waals surface area contributed by atoms with Crippen LogP contribution in [0.5, 0.6) is 23.0 Å². The number of nitrogens with zero attached hydrogens (tertiary/aromatic N) is 3. The normalized spacial score (nSPS) is 14.1. The van der Waals surface area contributed by atoms with E-state index < -0.39 is 11.9 Å². The highest BCUT2D eigenvalue weighted by atomic mass is 16.5. The van der Waals surface area contributed by atoms with Crippen LogP contribution in [0.2, 0.25) is 0 Å². The van der Waals surface area contributed by atoms with Gasteiger partial charge < -0.3 is 29.2 Å². The van der Waals surface area contributed by atoms with E-state index in [4.69, 9.17) is 18.9 Å². The first-order valence-corrected chi connectivity index (χ1v) is 13.3. The highest BCUT2D eigenvalue weighted by Gasteiger charge is 2.35. The first kappa shape index (κ1) is 28.7. The van der Waals surface area contributed by atoms with Gasteiger partial charge in [0.05, 0.1) is 34.6 Å². The smallest absolute Gasteiger partial charge is 0.275 e. The second kappa shape index (κ2) is 13.6. The monoisotopic (exact) mass is 548 g/mol. The van der Waals surface area contributed by atoms with Crippen molar-refractivity contribution in [1.82, 2.24) is 20.2 Å². The zero-order valence-corrected chi connectivity index (χ0v) is 23.4. The van der Waals surface area contributed by atoms with Gasteiger partial charge in [-0.05, 0) is 48.2 Å². The summed E-state index contributed by atoms with van der Waals surface area (Å²) in [5, 5.41) is 3.21. The van der Waals surface area contributed by atoms with Crippen LogP contribution >= 0.6 is 0 Å². The van der Waals surface area contributed by atoms with Gasteiger partial charge in [0.2, 0.25) is 11.7 Å². The van der Waals surface area contributed by atoms with Crippen LogP contribution < -0.4 is 24.3 Å². The molecule has 0 radical (unpaired) electrons. The van der Waals surface area contributed by atoms with Crippen LogP contribution in [0.4, 0.5) is 0 Å². The van der Waals surface area contributed by atoms with Crippen molar-refractivity contribution in [2.45, 2.75) is 50.7 Å². The maximum Gasteiger partial charge on any atom is 0.275 e. The number of carbonyl (C=O) groups excluding carboxylic acids is 2. The third kappa shape index (κ3) is 6.62. The summed E-state index contributed by atoms with van der Waals surface area (Å²) in [7, 11) is 6.12. The topological polar surface area (TPSA) is 112 Å². The molecule has 2 aromatic carbocycles. The summed E-state index contributed by atoms with van der Waals surface area (Å²) in [6, 6.07) is 9.77. The summed E-state index contributed by atoms with van der Waals surface area (Å²) < 4.78 is 22.1. The number of ether oxygens (including phenoxy) is 4. The number of benzene rings is 2. The van der Waals surface area contributed by atoms with Gasteiger partial charge >= 0.3 is 0 Å². The van der Waals surface area contributed by atoms with Crippen molar-refractivity contribution in [3.8, 4) is 23.0 Å². The lowest BCUT2D eigenvalue weighted by atomic mass is 9.94. The molecular formula is C30H36N4O6. The zero-order valence-electron chi connectivity index (χ0n) is 23.4. The average Bonchev–Trinajstić information content (AvgIpc) is 3.00. The van der Waals surface area contributed by atoms with Gasteiger partial charge in [-0.1, -0.05) is 31.4 Å². The van der Waals surface area contributed by atoms with Gasteiger partial charge in [0, 0.05) is 25.0 Å². The van der Waals surface area contributed by atoms with Crippen LogP contribution in [-0.4, -0.2) is 61.2 Å². The molecule has 0 bridgehead atoms. The second-order valence-corrected chi connectivity index (χ2v) is 9.58. The van der Waals surface area contributed by atoms with Crippen LogP contribution in [0.25, 0.3) is 0 Å². The van der Waals surface area contributed by atoms with Crippen molar-refractivity contribution in [3.05, 3.63) is 71.8 Å². The highest BCUT2D eigenvalue weighted by molar-refractivity contribution is 5.96. The quantitative estimate of drug-likeness (QED) is 0.377. The Bertz CT molecular complexity index is 1270. The van der Waals surface area contributed by atoms with E-state index in [2.05, 4.69) is 15.3 Å². The third-order valence-corrected chi connectivity index (χ3v) is 7.04. The van der Waals surface area contributed by atoms with E-state index >= 15 is 0 Å². The minimum Gasteiger partial charge on any atom is -0.497 e. The molecule has 1 aliphatic carbocycles. The summed E-state index contributed by atoms with van der Waals surface area (Å²) in [5.41, 5.74) is 1.40. The van der Waals surface area contributed by atoms with Gasteiger partial charge in [-0.25, -0.2) is 4.98 Å². The Morgan fingerprint density at radius 2 is 1.68 bits per heavy atom. The molecule has 4 rings (SSSR count). The molecule has 10 nitrogen and oxygen atoms in total. The average molecular weight is 549 g/mol.